The SMILES string of the molecule is Cc1cc(C)c(C)c(CC(C)(C)N)c1C. The topological polar surface area (TPSA) is 26.0 Å². The highest BCUT2D eigenvalue weighted by atomic mass is 14.7. The van der Waals surface area contributed by atoms with Gasteiger partial charge in [0.2, 0.25) is 0 Å². The Morgan fingerprint density at radius 1 is 1.00 bits per heavy atom. The average Bonchev–Trinajstić information content (AvgIpc) is 2.08. The molecule has 1 rings (SSSR count). The van der Waals surface area contributed by atoms with Crippen LogP contribution in [-0.4, -0.2) is 5.54 Å². The van der Waals surface area contributed by atoms with Crippen LogP contribution in [0.4, 0.5) is 0 Å². The second-order valence-corrected chi connectivity index (χ2v) is 5.40. The van der Waals surface area contributed by atoms with Crippen LogP contribution in [0, 0.1) is 27.7 Å². The van der Waals surface area contributed by atoms with Crippen molar-refractivity contribution in [1.82, 2.24) is 0 Å². The number of hydrogen-bond donors (Lipinski definition) is 1. The fraction of sp³-hybridized carbons (Fsp3) is 0.571. The molecule has 0 bridgehead atoms. The van der Waals surface area contributed by atoms with E-state index in [2.05, 4.69) is 47.6 Å². The maximum atomic E-state index is 6.11. The molecule has 0 aliphatic rings. The number of aryl methyl sites for hydroxylation is 2. The number of hydrogen-bond acceptors (Lipinski definition) is 1. The molecular formula is C14H23N. The van der Waals surface area contributed by atoms with Gasteiger partial charge in [0, 0.05) is 5.54 Å². The minimum absolute atomic E-state index is 0.129. The first-order valence-corrected chi connectivity index (χ1v) is 5.57. The van der Waals surface area contributed by atoms with Gasteiger partial charge >= 0.3 is 0 Å². The van der Waals surface area contributed by atoms with Crippen molar-refractivity contribution in [2.75, 3.05) is 0 Å². The van der Waals surface area contributed by atoms with E-state index >= 15 is 0 Å². The Labute approximate surface area is 93.7 Å². The summed E-state index contributed by atoms with van der Waals surface area (Å²) >= 11 is 0. The van der Waals surface area contributed by atoms with Crippen molar-refractivity contribution in [1.29, 1.82) is 0 Å². The maximum Gasteiger partial charge on any atom is 0.0138 e. The molecular weight excluding hydrogens is 182 g/mol. The lowest BCUT2D eigenvalue weighted by molar-refractivity contribution is 0.514. The van der Waals surface area contributed by atoms with Gasteiger partial charge in [0.1, 0.15) is 0 Å². The Hall–Kier alpha value is -0.820. The van der Waals surface area contributed by atoms with E-state index in [4.69, 9.17) is 5.73 Å². The van der Waals surface area contributed by atoms with Gasteiger partial charge in [-0.2, -0.15) is 0 Å². The Kier molecular flexibility index (Phi) is 3.25. The van der Waals surface area contributed by atoms with Crippen LogP contribution in [0.25, 0.3) is 0 Å². The largest absolute Gasteiger partial charge is 0.325 e. The molecule has 0 atom stereocenters. The molecule has 0 aromatic heterocycles. The van der Waals surface area contributed by atoms with Crippen molar-refractivity contribution in [2.24, 2.45) is 5.73 Å². The molecule has 2 N–H and O–H groups in total. The van der Waals surface area contributed by atoms with Crippen molar-refractivity contribution in [3.8, 4) is 0 Å². The third-order valence-corrected chi connectivity index (χ3v) is 3.15. The summed E-state index contributed by atoms with van der Waals surface area (Å²) < 4.78 is 0. The molecule has 1 nitrogen and oxygen atoms in total. The van der Waals surface area contributed by atoms with E-state index in [1.165, 1.54) is 27.8 Å². The quantitative estimate of drug-likeness (QED) is 0.788. The third-order valence-electron chi connectivity index (χ3n) is 3.15. The van der Waals surface area contributed by atoms with E-state index in [0.29, 0.717) is 0 Å². The molecule has 0 aliphatic heterocycles. The van der Waals surface area contributed by atoms with Crippen LogP contribution in [0.5, 0.6) is 0 Å². The number of nitrogens with two attached hydrogens (primary N) is 1. The summed E-state index contributed by atoms with van der Waals surface area (Å²) in [6.07, 6.45) is 0.952. The van der Waals surface area contributed by atoms with E-state index in [-0.39, 0.29) is 5.54 Å². The molecule has 1 aromatic carbocycles. The highest BCUT2D eigenvalue weighted by Crippen LogP contribution is 2.24. The summed E-state index contributed by atoms with van der Waals surface area (Å²) in [5.41, 5.74) is 13.0. The zero-order valence-corrected chi connectivity index (χ0v) is 10.9. The summed E-state index contributed by atoms with van der Waals surface area (Å²) in [7, 11) is 0. The molecule has 0 fully saturated rings. The lowest BCUT2D eigenvalue weighted by Gasteiger charge is -2.23. The zero-order chi connectivity index (χ0) is 11.8. The van der Waals surface area contributed by atoms with Crippen LogP contribution >= 0.6 is 0 Å². The second kappa shape index (κ2) is 3.97. The molecule has 0 saturated carbocycles. The smallest absolute Gasteiger partial charge is 0.0138 e. The summed E-state index contributed by atoms with van der Waals surface area (Å²) in [6, 6.07) is 2.26. The molecule has 1 aromatic rings. The predicted octanol–water partition coefficient (Wildman–Crippen LogP) is 3.20. The summed E-state index contributed by atoms with van der Waals surface area (Å²) in [5, 5.41) is 0. The summed E-state index contributed by atoms with van der Waals surface area (Å²) in [5.74, 6) is 0. The second-order valence-electron chi connectivity index (χ2n) is 5.40. The first-order chi connectivity index (χ1) is 6.72. The van der Waals surface area contributed by atoms with Crippen LogP contribution in [0.15, 0.2) is 6.07 Å². The van der Waals surface area contributed by atoms with Gasteiger partial charge in [0.05, 0.1) is 0 Å². The van der Waals surface area contributed by atoms with Gasteiger partial charge in [-0.1, -0.05) is 6.07 Å². The monoisotopic (exact) mass is 205 g/mol. The number of benzene rings is 1. The van der Waals surface area contributed by atoms with Gasteiger partial charge in [0.15, 0.2) is 0 Å². The fourth-order valence-electron chi connectivity index (χ4n) is 2.02. The first-order valence-electron chi connectivity index (χ1n) is 5.57. The van der Waals surface area contributed by atoms with Crippen molar-refractivity contribution in [2.45, 2.75) is 53.5 Å². The molecule has 84 valence electrons. The van der Waals surface area contributed by atoms with E-state index in [9.17, 15) is 0 Å². The average molecular weight is 205 g/mol. The van der Waals surface area contributed by atoms with Crippen molar-refractivity contribution in [3.63, 3.8) is 0 Å². The Morgan fingerprint density at radius 3 is 1.73 bits per heavy atom. The van der Waals surface area contributed by atoms with Crippen molar-refractivity contribution < 1.29 is 0 Å². The molecule has 0 unspecified atom stereocenters. The third kappa shape index (κ3) is 2.82. The van der Waals surface area contributed by atoms with Crippen molar-refractivity contribution >= 4 is 0 Å². The normalized spacial score (nSPS) is 11.9. The van der Waals surface area contributed by atoms with Gasteiger partial charge in [-0.15, -0.1) is 0 Å². The highest BCUT2D eigenvalue weighted by Gasteiger charge is 2.16. The number of rotatable bonds is 2. The van der Waals surface area contributed by atoms with Gasteiger partial charge in [-0.25, -0.2) is 0 Å². The van der Waals surface area contributed by atoms with Crippen LogP contribution in [0.2, 0.25) is 0 Å². The van der Waals surface area contributed by atoms with E-state index < -0.39 is 0 Å². The molecule has 0 amide bonds. The molecule has 0 heterocycles. The molecule has 15 heavy (non-hydrogen) atoms. The molecule has 0 saturated heterocycles. The van der Waals surface area contributed by atoms with Crippen LogP contribution in [0.1, 0.15) is 41.7 Å². The van der Waals surface area contributed by atoms with E-state index in [1.807, 2.05) is 0 Å². The minimum atomic E-state index is -0.129. The van der Waals surface area contributed by atoms with E-state index in [1.54, 1.807) is 0 Å². The summed E-state index contributed by atoms with van der Waals surface area (Å²) in [6.45, 7) is 12.9. The van der Waals surface area contributed by atoms with Gasteiger partial charge in [-0.05, 0) is 75.8 Å². The molecule has 0 spiro atoms. The standard InChI is InChI=1S/C14H23N/c1-9-7-10(2)12(4)13(11(9)3)8-14(5,6)15/h7H,8,15H2,1-6H3. The molecule has 0 radical (unpaired) electrons. The summed E-state index contributed by atoms with van der Waals surface area (Å²) in [4.78, 5) is 0. The lowest BCUT2D eigenvalue weighted by Crippen LogP contribution is -2.35. The van der Waals surface area contributed by atoms with Gasteiger partial charge in [0.25, 0.3) is 0 Å². The first kappa shape index (κ1) is 12.3. The fourth-order valence-corrected chi connectivity index (χ4v) is 2.02. The van der Waals surface area contributed by atoms with Crippen LogP contribution < -0.4 is 5.73 Å². The van der Waals surface area contributed by atoms with Gasteiger partial charge in [-0.3, -0.25) is 0 Å². The van der Waals surface area contributed by atoms with Crippen molar-refractivity contribution in [3.05, 3.63) is 33.9 Å². The Balaban J connectivity index is 3.27. The molecule has 1 heteroatoms. The minimum Gasteiger partial charge on any atom is -0.325 e. The van der Waals surface area contributed by atoms with Crippen LogP contribution in [-0.2, 0) is 6.42 Å². The Morgan fingerprint density at radius 2 is 1.40 bits per heavy atom. The maximum absolute atomic E-state index is 6.11. The predicted molar refractivity (Wildman–Crippen MR) is 67.4 cm³/mol. The molecule has 0 aliphatic carbocycles. The Bertz CT molecular complexity index is 344. The van der Waals surface area contributed by atoms with E-state index in [0.717, 1.165) is 6.42 Å². The lowest BCUT2D eigenvalue weighted by atomic mass is 9.86. The highest BCUT2D eigenvalue weighted by molar-refractivity contribution is 5.44. The zero-order valence-electron chi connectivity index (χ0n) is 10.9. The van der Waals surface area contributed by atoms with Gasteiger partial charge < -0.3 is 5.73 Å². The van der Waals surface area contributed by atoms with Crippen LogP contribution in [0.3, 0.4) is 0 Å².